The van der Waals surface area contributed by atoms with Crippen LogP contribution in [-0.4, -0.2) is 13.6 Å². The Bertz CT molecular complexity index is 517. The number of nitrogens with two attached hydrogens (primary N) is 1. The van der Waals surface area contributed by atoms with Crippen molar-refractivity contribution in [2.24, 2.45) is 0 Å². The first-order valence-electron chi connectivity index (χ1n) is 6.77. The normalized spacial score (nSPS) is 10.4. The quantitative estimate of drug-likeness (QED) is 0.825. The SMILES string of the molecule is Cc1ccc(N(C)CCCc2cccc(N)c2)cc1. The summed E-state index contributed by atoms with van der Waals surface area (Å²) in [5.74, 6) is 0. The number of hydrogen-bond acceptors (Lipinski definition) is 2. The summed E-state index contributed by atoms with van der Waals surface area (Å²) in [6.45, 7) is 3.17. The van der Waals surface area contributed by atoms with E-state index in [9.17, 15) is 0 Å². The zero-order valence-corrected chi connectivity index (χ0v) is 11.8. The maximum Gasteiger partial charge on any atom is 0.0363 e. The van der Waals surface area contributed by atoms with Crippen molar-refractivity contribution in [3.63, 3.8) is 0 Å². The molecule has 0 bridgehead atoms. The van der Waals surface area contributed by atoms with Gasteiger partial charge >= 0.3 is 0 Å². The highest BCUT2D eigenvalue weighted by Gasteiger charge is 2.01. The molecule has 2 aromatic rings. The van der Waals surface area contributed by atoms with Gasteiger partial charge in [0.2, 0.25) is 0 Å². The maximum atomic E-state index is 5.78. The molecule has 0 amide bonds. The molecule has 2 aromatic carbocycles. The van der Waals surface area contributed by atoms with Crippen molar-refractivity contribution in [2.75, 3.05) is 24.2 Å². The molecular weight excluding hydrogens is 232 g/mol. The number of hydrogen-bond donors (Lipinski definition) is 1. The van der Waals surface area contributed by atoms with Gasteiger partial charge in [0.1, 0.15) is 0 Å². The first-order valence-corrected chi connectivity index (χ1v) is 6.77. The zero-order valence-electron chi connectivity index (χ0n) is 11.8. The molecule has 0 aliphatic rings. The van der Waals surface area contributed by atoms with Crippen molar-refractivity contribution in [3.05, 3.63) is 59.7 Å². The van der Waals surface area contributed by atoms with E-state index < -0.39 is 0 Å². The van der Waals surface area contributed by atoms with Crippen molar-refractivity contribution in [3.8, 4) is 0 Å². The van der Waals surface area contributed by atoms with Gasteiger partial charge in [-0.25, -0.2) is 0 Å². The second kappa shape index (κ2) is 6.28. The molecule has 0 spiro atoms. The summed E-state index contributed by atoms with van der Waals surface area (Å²) in [6, 6.07) is 16.8. The number of benzene rings is 2. The van der Waals surface area contributed by atoms with Crippen LogP contribution in [0, 0.1) is 6.92 Å². The summed E-state index contributed by atoms with van der Waals surface area (Å²) in [7, 11) is 2.14. The molecule has 0 saturated heterocycles. The number of anilines is 2. The minimum atomic E-state index is 0.851. The lowest BCUT2D eigenvalue weighted by Gasteiger charge is -2.19. The first-order chi connectivity index (χ1) is 9.15. The lowest BCUT2D eigenvalue weighted by Crippen LogP contribution is -2.18. The Morgan fingerprint density at radius 2 is 1.79 bits per heavy atom. The molecule has 0 radical (unpaired) electrons. The molecular formula is C17H22N2. The lowest BCUT2D eigenvalue weighted by atomic mass is 10.1. The standard InChI is InChI=1S/C17H22N2/c1-14-8-10-17(11-9-14)19(2)12-4-6-15-5-3-7-16(18)13-15/h3,5,7-11,13H,4,6,12,18H2,1-2H3. The van der Waals surface area contributed by atoms with Crippen LogP contribution in [0.5, 0.6) is 0 Å². The molecule has 0 aromatic heterocycles. The Hall–Kier alpha value is -1.96. The second-order valence-electron chi connectivity index (χ2n) is 5.11. The van der Waals surface area contributed by atoms with Crippen molar-refractivity contribution in [1.82, 2.24) is 0 Å². The van der Waals surface area contributed by atoms with Gasteiger partial charge in [-0.2, -0.15) is 0 Å². The van der Waals surface area contributed by atoms with Crippen LogP contribution in [0.2, 0.25) is 0 Å². The molecule has 2 heteroatoms. The molecule has 0 heterocycles. The van der Waals surface area contributed by atoms with Crippen LogP contribution in [0.4, 0.5) is 11.4 Å². The third-order valence-electron chi connectivity index (χ3n) is 3.38. The second-order valence-corrected chi connectivity index (χ2v) is 5.11. The van der Waals surface area contributed by atoms with Gasteiger partial charge in [0.15, 0.2) is 0 Å². The molecule has 19 heavy (non-hydrogen) atoms. The summed E-state index contributed by atoms with van der Waals surface area (Å²) in [5.41, 5.74) is 10.5. The van der Waals surface area contributed by atoms with Gasteiger partial charge in [0.25, 0.3) is 0 Å². The molecule has 0 atom stereocenters. The van der Waals surface area contributed by atoms with Crippen LogP contribution < -0.4 is 10.6 Å². The largest absolute Gasteiger partial charge is 0.399 e. The molecule has 100 valence electrons. The van der Waals surface area contributed by atoms with Crippen LogP contribution in [0.15, 0.2) is 48.5 Å². The van der Waals surface area contributed by atoms with Gasteiger partial charge in [-0.15, -0.1) is 0 Å². The Labute approximate surface area is 115 Å². The molecule has 2 rings (SSSR count). The molecule has 0 aliphatic carbocycles. The van der Waals surface area contributed by atoms with Crippen LogP contribution in [0.25, 0.3) is 0 Å². The van der Waals surface area contributed by atoms with Gasteiger partial charge in [-0.1, -0.05) is 29.8 Å². The Balaban J connectivity index is 1.84. The van der Waals surface area contributed by atoms with Gasteiger partial charge in [0, 0.05) is 25.0 Å². The summed E-state index contributed by atoms with van der Waals surface area (Å²) >= 11 is 0. The molecule has 0 fully saturated rings. The van der Waals surface area contributed by atoms with E-state index in [0.29, 0.717) is 0 Å². The maximum absolute atomic E-state index is 5.78. The molecule has 2 nitrogen and oxygen atoms in total. The van der Waals surface area contributed by atoms with E-state index in [2.05, 4.69) is 55.3 Å². The Morgan fingerprint density at radius 3 is 2.47 bits per heavy atom. The highest BCUT2D eigenvalue weighted by atomic mass is 15.1. The van der Waals surface area contributed by atoms with Crippen LogP contribution >= 0.6 is 0 Å². The topological polar surface area (TPSA) is 29.3 Å². The predicted octanol–water partition coefficient (Wildman–Crippen LogP) is 3.65. The first kappa shape index (κ1) is 13.5. The van der Waals surface area contributed by atoms with Gasteiger partial charge in [0.05, 0.1) is 0 Å². The summed E-state index contributed by atoms with van der Waals surface area (Å²) in [4.78, 5) is 2.30. The third-order valence-corrected chi connectivity index (χ3v) is 3.38. The fraction of sp³-hybridized carbons (Fsp3) is 0.294. The highest BCUT2D eigenvalue weighted by molar-refractivity contribution is 5.46. The Kier molecular flexibility index (Phi) is 4.45. The zero-order chi connectivity index (χ0) is 13.7. The smallest absolute Gasteiger partial charge is 0.0363 e. The average Bonchev–Trinajstić information content (AvgIpc) is 2.39. The van der Waals surface area contributed by atoms with E-state index in [1.807, 2.05) is 12.1 Å². The number of nitrogens with zero attached hydrogens (tertiary/aromatic N) is 1. The monoisotopic (exact) mass is 254 g/mol. The lowest BCUT2D eigenvalue weighted by molar-refractivity contribution is 0.786. The Morgan fingerprint density at radius 1 is 1.05 bits per heavy atom. The van der Waals surface area contributed by atoms with Crippen molar-refractivity contribution >= 4 is 11.4 Å². The van der Waals surface area contributed by atoms with E-state index in [4.69, 9.17) is 5.73 Å². The van der Waals surface area contributed by atoms with E-state index in [-0.39, 0.29) is 0 Å². The van der Waals surface area contributed by atoms with E-state index in [0.717, 1.165) is 25.1 Å². The molecule has 0 unspecified atom stereocenters. The molecule has 2 N–H and O–H groups in total. The minimum Gasteiger partial charge on any atom is -0.399 e. The number of nitrogen functional groups attached to an aromatic ring is 1. The van der Waals surface area contributed by atoms with Crippen LogP contribution in [0.3, 0.4) is 0 Å². The molecule has 0 aliphatic heterocycles. The highest BCUT2D eigenvalue weighted by Crippen LogP contribution is 2.15. The molecule has 0 saturated carbocycles. The fourth-order valence-corrected chi connectivity index (χ4v) is 2.20. The van der Waals surface area contributed by atoms with Crippen molar-refractivity contribution in [1.29, 1.82) is 0 Å². The van der Waals surface area contributed by atoms with E-state index in [1.54, 1.807) is 0 Å². The van der Waals surface area contributed by atoms with E-state index >= 15 is 0 Å². The summed E-state index contributed by atoms with van der Waals surface area (Å²) in [6.07, 6.45) is 2.20. The number of aryl methyl sites for hydroxylation is 2. The predicted molar refractivity (Wildman–Crippen MR) is 83.6 cm³/mol. The van der Waals surface area contributed by atoms with Gasteiger partial charge in [-0.05, 0) is 49.6 Å². The summed E-state index contributed by atoms with van der Waals surface area (Å²) < 4.78 is 0. The van der Waals surface area contributed by atoms with Gasteiger partial charge < -0.3 is 10.6 Å². The van der Waals surface area contributed by atoms with Gasteiger partial charge in [-0.3, -0.25) is 0 Å². The third kappa shape index (κ3) is 4.02. The van der Waals surface area contributed by atoms with Crippen molar-refractivity contribution < 1.29 is 0 Å². The minimum absolute atomic E-state index is 0.851. The van der Waals surface area contributed by atoms with Crippen molar-refractivity contribution in [2.45, 2.75) is 19.8 Å². The number of rotatable bonds is 5. The average molecular weight is 254 g/mol. The summed E-state index contributed by atoms with van der Waals surface area (Å²) in [5, 5.41) is 0. The van der Waals surface area contributed by atoms with E-state index in [1.165, 1.54) is 16.8 Å². The fourth-order valence-electron chi connectivity index (χ4n) is 2.20. The van der Waals surface area contributed by atoms with Crippen LogP contribution in [0.1, 0.15) is 17.5 Å². The van der Waals surface area contributed by atoms with Crippen LogP contribution in [-0.2, 0) is 6.42 Å².